The van der Waals surface area contributed by atoms with E-state index in [-0.39, 0.29) is 12.4 Å². The van der Waals surface area contributed by atoms with Crippen LogP contribution >= 0.6 is 0 Å². The largest absolute Gasteiger partial charge is 1.00 e. The van der Waals surface area contributed by atoms with Crippen LogP contribution in [-0.4, -0.2) is 9.55 Å². The van der Waals surface area contributed by atoms with Crippen LogP contribution < -0.4 is 12.4 Å². The van der Waals surface area contributed by atoms with Crippen molar-refractivity contribution in [3.05, 3.63) is 66.4 Å². The molecule has 3 rings (SSSR count). The Labute approximate surface area is 130 Å². The van der Waals surface area contributed by atoms with Crippen LogP contribution in [0.3, 0.4) is 0 Å². The molecule has 1 aromatic carbocycles. The van der Waals surface area contributed by atoms with Crippen molar-refractivity contribution in [1.82, 2.24) is 9.55 Å². The minimum absolute atomic E-state index is 0. The van der Waals surface area contributed by atoms with Gasteiger partial charge in [-0.2, -0.15) is 0 Å². The molecule has 0 saturated heterocycles. The highest BCUT2D eigenvalue weighted by Crippen LogP contribution is 2.19. The lowest BCUT2D eigenvalue weighted by atomic mass is 10.3. The Kier molecular flexibility index (Phi) is 4.66. The third kappa shape index (κ3) is 3.26. The number of benzene rings is 1. The van der Waals surface area contributed by atoms with Crippen LogP contribution in [0.5, 0.6) is 0 Å². The zero-order valence-corrected chi connectivity index (χ0v) is 12.5. The zero-order valence-electron chi connectivity index (χ0n) is 11.8. The fourth-order valence-corrected chi connectivity index (χ4v) is 2.20. The van der Waals surface area contributed by atoms with E-state index in [0.717, 1.165) is 34.7 Å². The molecule has 3 nitrogen and oxygen atoms in total. The number of hydrogen-bond acceptors (Lipinski definition) is 2. The van der Waals surface area contributed by atoms with E-state index in [2.05, 4.69) is 22.2 Å². The molecule has 0 bridgehead atoms. The second-order valence-electron chi connectivity index (χ2n) is 4.85. The van der Waals surface area contributed by atoms with Gasteiger partial charge in [-0.15, -0.1) is 0 Å². The number of imidazole rings is 1. The zero-order chi connectivity index (χ0) is 13.9. The van der Waals surface area contributed by atoms with Crippen molar-refractivity contribution >= 4 is 23.2 Å². The van der Waals surface area contributed by atoms with Crippen LogP contribution in [0.15, 0.2) is 59.2 Å². The minimum atomic E-state index is 0. The molecule has 0 saturated carbocycles. The van der Waals surface area contributed by atoms with Gasteiger partial charge in [0.15, 0.2) is 0 Å². The molecule has 0 N–H and O–H groups in total. The van der Waals surface area contributed by atoms with Gasteiger partial charge in [-0.1, -0.05) is 24.3 Å². The van der Waals surface area contributed by atoms with E-state index in [1.807, 2.05) is 49.4 Å². The molecule has 4 heteroatoms. The molecule has 0 aliphatic rings. The topological polar surface area (TPSA) is 31.0 Å². The quantitative estimate of drug-likeness (QED) is 0.682. The van der Waals surface area contributed by atoms with Gasteiger partial charge < -0.3 is 21.4 Å². The average Bonchev–Trinajstić information content (AvgIpc) is 3.04. The molecule has 108 valence electrons. The lowest BCUT2D eigenvalue weighted by molar-refractivity contribution is -0.00000454. The second-order valence-corrected chi connectivity index (χ2v) is 4.85. The fourth-order valence-electron chi connectivity index (χ4n) is 2.20. The van der Waals surface area contributed by atoms with Crippen molar-refractivity contribution < 1.29 is 16.8 Å². The van der Waals surface area contributed by atoms with E-state index in [4.69, 9.17) is 4.42 Å². The van der Waals surface area contributed by atoms with Crippen molar-refractivity contribution in [2.45, 2.75) is 13.5 Å². The minimum Gasteiger partial charge on any atom is -1.00 e. The number of furan rings is 1. The third-order valence-electron chi connectivity index (χ3n) is 3.05. The van der Waals surface area contributed by atoms with Gasteiger partial charge in [-0.3, -0.25) is 0 Å². The standard InChI is InChI=1S/C17H16N2O.ClH/c1-13(2)12-19-16-8-4-3-7-15(16)18-17(19)10-9-14-6-5-11-20-14;/h3-11H,1,12H2,2H3;1H/p-1/b10-9+;. The van der Waals surface area contributed by atoms with Gasteiger partial charge in [-0.25, -0.2) is 4.98 Å². The average molecular weight is 300 g/mol. The highest BCUT2D eigenvalue weighted by atomic mass is 35.5. The Morgan fingerprint density at radius 1 is 1.24 bits per heavy atom. The van der Waals surface area contributed by atoms with Gasteiger partial charge in [0.1, 0.15) is 11.6 Å². The second kappa shape index (κ2) is 6.46. The highest BCUT2D eigenvalue weighted by Gasteiger charge is 2.07. The molecule has 0 aliphatic carbocycles. The molecular weight excluding hydrogens is 284 g/mol. The van der Waals surface area contributed by atoms with Gasteiger partial charge in [0.25, 0.3) is 0 Å². The van der Waals surface area contributed by atoms with Crippen molar-refractivity contribution in [2.75, 3.05) is 0 Å². The highest BCUT2D eigenvalue weighted by molar-refractivity contribution is 5.79. The number of fused-ring (bicyclic) bond motifs is 1. The third-order valence-corrected chi connectivity index (χ3v) is 3.05. The maximum absolute atomic E-state index is 5.31. The van der Waals surface area contributed by atoms with E-state index in [1.165, 1.54) is 0 Å². The molecule has 0 aliphatic heterocycles. The van der Waals surface area contributed by atoms with E-state index < -0.39 is 0 Å². The predicted octanol–water partition coefficient (Wildman–Crippen LogP) is 1.38. The Balaban J connectivity index is 0.00000161. The monoisotopic (exact) mass is 299 g/mol. The summed E-state index contributed by atoms with van der Waals surface area (Å²) >= 11 is 0. The lowest BCUT2D eigenvalue weighted by Gasteiger charge is -2.06. The molecular formula is C17H16ClN2O-. The summed E-state index contributed by atoms with van der Waals surface area (Å²) in [5.74, 6) is 1.73. The van der Waals surface area contributed by atoms with Crippen LogP contribution in [0.4, 0.5) is 0 Å². The van der Waals surface area contributed by atoms with Crippen LogP contribution in [0.2, 0.25) is 0 Å². The van der Waals surface area contributed by atoms with Gasteiger partial charge in [0.2, 0.25) is 0 Å². The molecule has 21 heavy (non-hydrogen) atoms. The first-order valence-electron chi connectivity index (χ1n) is 6.55. The van der Waals surface area contributed by atoms with Crippen molar-refractivity contribution in [3.63, 3.8) is 0 Å². The molecule has 0 atom stereocenters. The van der Waals surface area contributed by atoms with E-state index in [1.54, 1.807) is 6.26 Å². The summed E-state index contributed by atoms with van der Waals surface area (Å²) in [5, 5.41) is 0. The Morgan fingerprint density at radius 3 is 2.76 bits per heavy atom. The van der Waals surface area contributed by atoms with Crippen LogP contribution in [0, 0.1) is 0 Å². The molecule has 0 radical (unpaired) electrons. The van der Waals surface area contributed by atoms with Gasteiger partial charge in [0.05, 0.1) is 17.3 Å². The molecule has 2 heterocycles. The number of halogens is 1. The number of allylic oxidation sites excluding steroid dienone is 1. The fraction of sp³-hybridized carbons (Fsp3) is 0.118. The molecule has 2 aromatic heterocycles. The Hall–Kier alpha value is -2.26. The summed E-state index contributed by atoms with van der Waals surface area (Å²) in [6, 6.07) is 11.9. The summed E-state index contributed by atoms with van der Waals surface area (Å²) in [6.45, 7) is 6.78. The first kappa shape index (κ1) is 15.1. The predicted molar refractivity (Wildman–Crippen MR) is 82.2 cm³/mol. The number of hydrogen-bond donors (Lipinski definition) is 0. The smallest absolute Gasteiger partial charge is 0.134 e. The molecule has 0 fully saturated rings. The first-order valence-corrected chi connectivity index (χ1v) is 6.55. The number of aromatic nitrogens is 2. The number of nitrogens with zero attached hydrogens (tertiary/aromatic N) is 2. The first-order chi connectivity index (χ1) is 9.74. The van der Waals surface area contributed by atoms with E-state index in [0.29, 0.717) is 0 Å². The van der Waals surface area contributed by atoms with Gasteiger partial charge >= 0.3 is 0 Å². The maximum Gasteiger partial charge on any atom is 0.134 e. The Bertz CT molecular complexity index is 769. The Morgan fingerprint density at radius 2 is 2.05 bits per heavy atom. The number of para-hydroxylation sites is 2. The molecule has 0 amide bonds. The summed E-state index contributed by atoms with van der Waals surface area (Å²) < 4.78 is 7.47. The normalized spacial score (nSPS) is 10.9. The van der Waals surface area contributed by atoms with Crippen molar-refractivity contribution in [2.24, 2.45) is 0 Å². The number of rotatable bonds is 4. The van der Waals surface area contributed by atoms with Crippen molar-refractivity contribution in [3.8, 4) is 0 Å². The van der Waals surface area contributed by atoms with Crippen LogP contribution in [0.1, 0.15) is 18.5 Å². The summed E-state index contributed by atoms with van der Waals surface area (Å²) in [5.41, 5.74) is 3.21. The van der Waals surface area contributed by atoms with Crippen molar-refractivity contribution in [1.29, 1.82) is 0 Å². The molecule has 0 unspecified atom stereocenters. The van der Waals surface area contributed by atoms with Gasteiger partial charge in [-0.05, 0) is 43.3 Å². The summed E-state index contributed by atoms with van der Waals surface area (Å²) in [6.07, 6.45) is 5.56. The van der Waals surface area contributed by atoms with E-state index in [9.17, 15) is 0 Å². The van der Waals surface area contributed by atoms with E-state index >= 15 is 0 Å². The van der Waals surface area contributed by atoms with Gasteiger partial charge in [0, 0.05) is 6.54 Å². The summed E-state index contributed by atoms with van der Waals surface area (Å²) in [4.78, 5) is 4.66. The maximum atomic E-state index is 5.31. The molecule has 3 aromatic rings. The molecule has 0 spiro atoms. The lowest BCUT2D eigenvalue weighted by Crippen LogP contribution is -3.00. The summed E-state index contributed by atoms with van der Waals surface area (Å²) in [7, 11) is 0. The SMILES string of the molecule is C=C(C)Cn1c(/C=C/c2ccco2)nc2ccccc21.[Cl-]. The van der Waals surface area contributed by atoms with Crippen LogP contribution in [0.25, 0.3) is 23.2 Å². The van der Waals surface area contributed by atoms with Crippen LogP contribution in [-0.2, 0) is 6.54 Å².